The quantitative estimate of drug-likeness (QED) is 0.363. The molecule has 1 amide bonds. The molecule has 2 aromatic rings. The van der Waals surface area contributed by atoms with E-state index < -0.39 is 4.92 Å². The number of nitro benzene ring substituents is 1. The molecule has 0 N–H and O–H groups in total. The molecule has 1 aliphatic rings. The highest BCUT2D eigenvalue weighted by atomic mass is 35.5. The van der Waals surface area contributed by atoms with Crippen molar-refractivity contribution in [3.05, 3.63) is 63.2 Å². The fraction of sp³-hybridized carbons (Fsp3) is 0.318. The van der Waals surface area contributed by atoms with Crippen molar-refractivity contribution in [3.63, 3.8) is 0 Å². The van der Waals surface area contributed by atoms with E-state index in [0.717, 1.165) is 11.3 Å². The predicted octanol–water partition coefficient (Wildman–Crippen LogP) is 4.02. The molecule has 0 atom stereocenters. The first-order valence-corrected chi connectivity index (χ1v) is 10.3. The molecule has 0 radical (unpaired) electrons. The smallest absolute Gasteiger partial charge is 0.271 e. The minimum Gasteiger partial charge on any atom is -0.491 e. The first-order chi connectivity index (χ1) is 14.9. The highest BCUT2D eigenvalue weighted by Gasteiger charge is 2.21. The second kappa shape index (κ2) is 10.2. The molecule has 0 aliphatic carbocycles. The molecular formula is C22H24ClN3O5. The Balaban J connectivity index is 1.63. The Morgan fingerprint density at radius 1 is 1.23 bits per heavy atom. The van der Waals surface area contributed by atoms with E-state index in [4.69, 9.17) is 21.1 Å². The van der Waals surface area contributed by atoms with Gasteiger partial charge in [-0.1, -0.05) is 17.7 Å². The second-order valence-corrected chi connectivity index (χ2v) is 7.30. The van der Waals surface area contributed by atoms with Gasteiger partial charge < -0.3 is 19.3 Å². The molecule has 164 valence electrons. The highest BCUT2D eigenvalue weighted by molar-refractivity contribution is 6.32. The summed E-state index contributed by atoms with van der Waals surface area (Å²) in [5.74, 6) is 0.878. The fourth-order valence-corrected chi connectivity index (χ4v) is 3.70. The van der Waals surface area contributed by atoms with Crippen LogP contribution >= 0.6 is 11.6 Å². The topological polar surface area (TPSA) is 85.2 Å². The van der Waals surface area contributed by atoms with Crippen molar-refractivity contribution in [1.82, 2.24) is 4.90 Å². The van der Waals surface area contributed by atoms with Crippen molar-refractivity contribution in [2.24, 2.45) is 0 Å². The lowest BCUT2D eigenvalue weighted by Gasteiger charge is -2.35. The molecule has 1 saturated heterocycles. The van der Waals surface area contributed by atoms with Gasteiger partial charge in [-0.3, -0.25) is 14.9 Å². The Morgan fingerprint density at radius 3 is 2.61 bits per heavy atom. The third kappa shape index (κ3) is 5.46. The lowest BCUT2D eigenvalue weighted by Crippen LogP contribution is -2.48. The first-order valence-electron chi connectivity index (χ1n) is 9.89. The molecule has 1 fully saturated rings. The van der Waals surface area contributed by atoms with Crippen LogP contribution in [0.4, 0.5) is 11.4 Å². The van der Waals surface area contributed by atoms with E-state index >= 15 is 0 Å². The average Bonchev–Trinajstić information content (AvgIpc) is 2.78. The number of halogens is 1. The van der Waals surface area contributed by atoms with E-state index in [0.29, 0.717) is 49.3 Å². The van der Waals surface area contributed by atoms with Gasteiger partial charge in [-0.15, -0.1) is 0 Å². The van der Waals surface area contributed by atoms with Crippen LogP contribution in [0.1, 0.15) is 12.5 Å². The van der Waals surface area contributed by atoms with Gasteiger partial charge in [0.05, 0.1) is 23.7 Å². The number of hydrogen-bond acceptors (Lipinski definition) is 6. The fourth-order valence-electron chi connectivity index (χ4n) is 3.41. The Morgan fingerprint density at radius 2 is 1.97 bits per heavy atom. The van der Waals surface area contributed by atoms with E-state index in [-0.39, 0.29) is 11.6 Å². The number of piperazine rings is 1. The number of methoxy groups -OCH3 is 1. The van der Waals surface area contributed by atoms with Gasteiger partial charge in [-0.2, -0.15) is 0 Å². The summed E-state index contributed by atoms with van der Waals surface area (Å²) in [6, 6.07) is 10.0. The summed E-state index contributed by atoms with van der Waals surface area (Å²) in [5.41, 5.74) is 1.58. The van der Waals surface area contributed by atoms with Gasteiger partial charge in [0.25, 0.3) is 5.69 Å². The van der Waals surface area contributed by atoms with Crippen molar-refractivity contribution in [3.8, 4) is 11.5 Å². The summed E-state index contributed by atoms with van der Waals surface area (Å²) in [5, 5.41) is 11.4. The van der Waals surface area contributed by atoms with Crippen LogP contribution in [0.15, 0.2) is 42.5 Å². The maximum absolute atomic E-state index is 12.6. The maximum atomic E-state index is 12.6. The largest absolute Gasteiger partial charge is 0.491 e. The minimum absolute atomic E-state index is 0.0588. The molecule has 3 rings (SSSR count). The van der Waals surface area contributed by atoms with E-state index in [1.165, 1.54) is 19.3 Å². The highest BCUT2D eigenvalue weighted by Crippen LogP contribution is 2.36. The van der Waals surface area contributed by atoms with Gasteiger partial charge in [0, 0.05) is 50.1 Å². The van der Waals surface area contributed by atoms with Crippen LogP contribution in [0.25, 0.3) is 6.08 Å². The standard InChI is InChI=1S/C22H24ClN3O5/c1-3-31-20-14-16(13-19(23)22(20)30-2)7-8-21(27)25-11-9-24(10-12-25)17-5-4-6-18(15-17)26(28)29/h4-8,13-15H,3,9-12H2,1-2H3/b8-7+. The zero-order valence-electron chi connectivity index (χ0n) is 17.4. The third-order valence-electron chi connectivity index (χ3n) is 4.95. The third-order valence-corrected chi connectivity index (χ3v) is 5.23. The minimum atomic E-state index is -0.406. The molecule has 8 nitrogen and oxygen atoms in total. The molecule has 2 aromatic carbocycles. The summed E-state index contributed by atoms with van der Waals surface area (Å²) in [6.45, 7) is 4.59. The number of carbonyl (C=O) groups is 1. The van der Waals surface area contributed by atoms with Crippen LogP contribution in [-0.4, -0.2) is 55.6 Å². The molecule has 0 spiro atoms. The summed E-state index contributed by atoms with van der Waals surface area (Å²) >= 11 is 6.26. The molecule has 0 aromatic heterocycles. The zero-order valence-corrected chi connectivity index (χ0v) is 18.2. The Labute approximate surface area is 185 Å². The van der Waals surface area contributed by atoms with Crippen molar-refractivity contribution < 1.29 is 19.2 Å². The number of nitro groups is 1. The van der Waals surface area contributed by atoms with Gasteiger partial charge in [0.1, 0.15) is 0 Å². The first kappa shape index (κ1) is 22.4. The van der Waals surface area contributed by atoms with E-state index in [9.17, 15) is 14.9 Å². The van der Waals surface area contributed by atoms with Crippen molar-refractivity contribution >= 4 is 35.0 Å². The molecule has 9 heteroatoms. The SMILES string of the molecule is CCOc1cc(/C=C/C(=O)N2CCN(c3cccc([N+](=O)[O-])c3)CC2)cc(Cl)c1OC. The number of anilines is 1. The number of ether oxygens (including phenoxy) is 2. The van der Waals surface area contributed by atoms with E-state index in [1.807, 2.05) is 17.9 Å². The van der Waals surface area contributed by atoms with E-state index in [2.05, 4.69) is 0 Å². The van der Waals surface area contributed by atoms with Gasteiger partial charge in [-0.05, 0) is 36.8 Å². The zero-order chi connectivity index (χ0) is 22.4. The second-order valence-electron chi connectivity index (χ2n) is 6.89. The summed E-state index contributed by atoms with van der Waals surface area (Å²) < 4.78 is 10.8. The number of carbonyl (C=O) groups excluding carboxylic acids is 1. The van der Waals surface area contributed by atoms with Gasteiger partial charge in [0.15, 0.2) is 11.5 Å². The molecular weight excluding hydrogens is 422 g/mol. The molecule has 1 heterocycles. The lowest BCUT2D eigenvalue weighted by molar-refractivity contribution is -0.384. The number of amides is 1. The van der Waals surface area contributed by atoms with Crippen LogP contribution in [0, 0.1) is 10.1 Å². The van der Waals surface area contributed by atoms with E-state index in [1.54, 1.807) is 35.2 Å². The molecule has 0 bridgehead atoms. The predicted molar refractivity (Wildman–Crippen MR) is 120 cm³/mol. The van der Waals surface area contributed by atoms with Crippen molar-refractivity contribution in [2.45, 2.75) is 6.92 Å². The van der Waals surface area contributed by atoms with Crippen LogP contribution in [0.2, 0.25) is 5.02 Å². The van der Waals surface area contributed by atoms with Gasteiger partial charge >= 0.3 is 0 Å². The van der Waals surface area contributed by atoms with Crippen LogP contribution < -0.4 is 14.4 Å². The average molecular weight is 446 g/mol. The molecule has 1 aliphatic heterocycles. The Bertz CT molecular complexity index is 987. The monoisotopic (exact) mass is 445 g/mol. The van der Waals surface area contributed by atoms with Crippen molar-refractivity contribution in [2.75, 3.05) is 44.8 Å². The molecule has 31 heavy (non-hydrogen) atoms. The van der Waals surface area contributed by atoms with Crippen LogP contribution in [-0.2, 0) is 4.79 Å². The lowest BCUT2D eigenvalue weighted by atomic mass is 10.1. The Hall–Kier alpha value is -3.26. The summed E-state index contributed by atoms with van der Waals surface area (Å²) in [6.07, 6.45) is 3.21. The van der Waals surface area contributed by atoms with Gasteiger partial charge in [0.2, 0.25) is 5.91 Å². The normalized spacial score (nSPS) is 14.0. The van der Waals surface area contributed by atoms with Crippen LogP contribution in [0.3, 0.4) is 0 Å². The molecule has 0 unspecified atom stereocenters. The summed E-state index contributed by atoms with van der Waals surface area (Å²) in [7, 11) is 1.52. The number of non-ortho nitro benzene ring substituents is 1. The number of hydrogen-bond donors (Lipinski definition) is 0. The number of rotatable bonds is 7. The Kier molecular flexibility index (Phi) is 7.36. The maximum Gasteiger partial charge on any atom is 0.271 e. The van der Waals surface area contributed by atoms with Crippen molar-refractivity contribution in [1.29, 1.82) is 0 Å². The summed E-state index contributed by atoms with van der Waals surface area (Å²) in [4.78, 5) is 27.0. The number of nitrogens with zero attached hydrogens (tertiary/aromatic N) is 3. The number of benzene rings is 2. The van der Waals surface area contributed by atoms with Gasteiger partial charge in [-0.25, -0.2) is 0 Å². The van der Waals surface area contributed by atoms with Crippen LogP contribution in [0.5, 0.6) is 11.5 Å². The molecule has 0 saturated carbocycles.